The standard InChI is InChI=1S/C15H20N2O/c1-17(2)7-8-18-15-6-5-13-9-12(11-16)3-4-14(13)10-15/h3-6,9-10H,7-8,11,16H2,1-2H3. The maximum absolute atomic E-state index is 5.72. The van der Waals surface area contributed by atoms with Crippen LogP contribution in [0.4, 0.5) is 0 Å². The molecule has 3 nitrogen and oxygen atoms in total. The van der Waals surface area contributed by atoms with E-state index in [2.05, 4.69) is 35.2 Å². The van der Waals surface area contributed by atoms with Crippen LogP contribution in [0.15, 0.2) is 36.4 Å². The van der Waals surface area contributed by atoms with Gasteiger partial charge in [0.2, 0.25) is 0 Å². The first-order valence-electron chi connectivity index (χ1n) is 6.19. The van der Waals surface area contributed by atoms with Gasteiger partial charge in [0.05, 0.1) is 0 Å². The number of nitrogens with two attached hydrogens (primary N) is 1. The molecule has 0 amide bonds. The molecular weight excluding hydrogens is 224 g/mol. The molecule has 0 unspecified atom stereocenters. The first-order chi connectivity index (χ1) is 8.69. The van der Waals surface area contributed by atoms with E-state index in [4.69, 9.17) is 10.5 Å². The van der Waals surface area contributed by atoms with Gasteiger partial charge in [0.25, 0.3) is 0 Å². The Kier molecular flexibility index (Phi) is 4.18. The number of hydrogen-bond acceptors (Lipinski definition) is 3. The minimum Gasteiger partial charge on any atom is -0.492 e. The summed E-state index contributed by atoms with van der Waals surface area (Å²) in [5.74, 6) is 0.921. The lowest BCUT2D eigenvalue weighted by molar-refractivity contribution is 0.261. The number of nitrogens with zero attached hydrogens (tertiary/aromatic N) is 1. The maximum Gasteiger partial charge on any atom is 0.120 e. The van der Waals surface area contributed by atoms with Crippen molar-refractivity contribution >= 4 is 10.8 Å². The van der Waals surface area contributed by atoms with Gasteiger partial charge >= 0.3 is 0 Å². The highest BCUT2D eigenvalue weighted by molar-refractivity contribution is 5.84. The first kappa shape index (κ1) is 12.9. The first-order valence-corrected chi connectivity index (χ1v) is 6.19. The Morgan fingerprint density at radius 2 is 1.78 bits per heavy atom. The van der Waals surface area contributed by atoms with Crippen molar-refractivity contribution in [1.82, 2.24) is 4.90 Å². The average molecular weight is 244 g/mol. The van der Waals surface area contributed by atoms with Crippen LogP contribution in [0.5, 0.6) is 5.75 Å². The van der Waals surface area contributed by atoms with E-state index in [1.54, 1.807) is 0 Å². The second-order valence-electron chi connectivity index (χ2n) is 4.70. The zero-order chi connectivity index (χ0) is 13.0. The molecule has 0 heterocycles. The van der Waals surface area contributed by atoms with Crippen molar-refractivity contribution in [2.45, 2.75) is 6.54 Å². The fourth-order valence-corrected chi connectivity index (χ4v) is 1.84. The summed E-state index contributed by atoms with van der Waals surface area (Å²) in [5, 5.41) is 2.40. The maximum atomic E-state index is 5.72. The number of ether oxygens (including phenoxy) is 1. The second kappa shape index (κ2) is 5.85. The van der Waals surface area contributed by atoms with Crippen molar-refractivity contribution in [2.24, 2.45) is 5.73 Å². The second-order valence-corrected chi connectivity index (χ2v) is 4.70. The molecule has 0 bridgehead atoms. The van der Waals surface area contributed by atoms with Crippen LogP contribution in [0.25, 0.3) is 10.8 Å². The zero-order valence-electron chi connectivity index (χ0n) is 11.0. The lowest BCUT2D eigenvalue weighted by Gasteiger charge is -2.11. The third kappa shape index (κ3) is 3.22. The Morgan fingerprint density at radius 1 is 1.06 bits per heavy atom. The van der Waals surface area contributed by atoms with Crippen molar-refractivity contribution in [3.05, 3.63) is 42.0 Å². The SMILES string of the molecule is CN(C)CCOc1ccc2cc(CN)ccc2c1. The third-order valence-electron chi connectivity index (χ3n) is 2.92. The Balaban J connectivity index is 2.12. The predicted octanol–water partition coefficient (Wildman–Crippen LogP) is 2.24. The fraction of sp³-hybridized carbons (Fsp3) is 0.333. The third-order valence-corrected chi connectivity index (χ3v) is 2.92. The van der Waals surface area contributed by atoms with Gasteiger partial charge in [0, 0.05) is 13.1 Å². The molecule has 96 valence electrons. The van der Waals surface area contributed by atoms with E-state index in [0.29, 0.717) is 13.2 Å². The van der Waals surface area contributed by atoms with Gasteiger partial charge in [-0.05, 0) is 48.6 Å². The topological polar surface area (TPSA) is 38.5 Å². The van der Waals surface area contributed by atoms with Crippen LogP contribution in [0.3, 0.4) is 0 Å². The summed E-state index contributed by atoms with van der Waals surface area (Å²) in [6.07, 6.45) is 0. The molecule has 0 fully saturated rings. The highest BCUT2D eigenvalue weighted by atomic mass is 16.5. The van der Waals surface area contributed by atoms with Crippen molar-refractivity contribution in [1.29, 1.82) is 0 Å². The highest BCUT2D eigenvalue weighted by Gasteiger charge is 1.99. The molecule has 0 aliphatic rings. The molecule has 2 aromatic carbocycles. The van der Waals surface area contributed by atoms with E-state index in [0.717, 1.165) is 17.9 Å². The van der Waals surface area contributed by atoms with E-state index in [1.165, 1.54) is 10.8 Å². The molecule has 0 saturated carbocycles. The van der Waals surface area contributed by atoms with Crippen LogP contribution in [0.2, 0.25) is 0 Å². The quantitative estimate of drug-likeness (QED) is 0.876. The molecule has 3 heteroatoms. The number of fused-ring (bicyclic) bond motifs is 1. The van der Waals surface area contributed by atoms with Gasteiger partial charge in [-0.25, -0.2) is 0 Å². The molecule has 0 aromatic heterocycles. The van der Waals surface area contributed by atoms with Crippen molar-refractivity contribution < 1.29 is 4.74 Å². The van der Waals surface area contributed by atoms with Gasteiger partial charge in [-0.1, -0.05) is 18.2 Å². The molecule has 18 heavy (non-hydrogen) atoms. The summed E-state index contributed by atoms with van der Waals surface area (Å²) in [6.45, 7) is 2.21. The molecule has 0 aliphatic heterocycles. The number of benzene rings is 2. The Bertz CT molecular complexity index is 523. The van der Waals surface area contributed by atoms with Gasteiger partial charge in [0.15, 0.2) is 0 Å². The summed E-state index contributed by atoms with van der Waals surface area (Å²) in [6, 6.07) is 12.4. The van der Waals surface area contributed by atoms with Crippen LogP contribution >= 0.6 is 0 Å². The molecule has 0 radical (unpaired) electrons. The van der Waals surface area contributed by atoms with Crippen molar-refractivity contribution in [2.75, 3.05) is 27.2 Å². The summed E-state index contributed by atoms with van der Waals surface area (Å²) in [5.41, 5.74) is 6.79. The van der Waals surface area contributed by atoms with Gasteiger partial charge in [-0.2, -0.15) is 0 Å². The summed E-state index contributed by atoms with van der Waals surface area (Å²) in [4.78, 5) is 2.11. The van der Waals surface area contributed by atoms with E-state index < -0.39 is 0 Å². The molecular formula is C15H20N2O. The normalized spacial score (nSPS) is 11.1. The van der Waals surface area contributed by atoms with E-state index >= 15 is 0 Å². The van der Waals surface area contributed by atoms with Gasteiger partial charge in [0.1, 0.15) is 12.4 Å². The van der Waals surface area contributed by atoms with Crippen molar-refractivity contribution in [3.63, 3.8) is 0 Å². The van der Waals surface area contributed by atoms with Crippen LogP contribution < -0.4 is 10.5 Å². The molecule has 0 atom stereocenters. The van der Waals surface area contributed by atoms with Crippen LogP contribution in [0, 0.1) is 0 Å². The minimum absolute atomic E-state index is 0.580. The van der Waals surface area contributed by atoms with Gasteiger partial charge in [-0.3, -0.25) is 0 Å². The number of rotatable bonds is 5. The van der Waals surface area contributed by atoms with E-state index in [-0.39, 0.29) is 0 Å². The highest BCUT2D eigenvalue weighted by Crippen LogP contribution is 2.22. The molecule has 0 aliphatic carbocycles. The van der Waals surface area contributed by atoms with Gasteiger partial charge < -0.3 is 15.4 Å². The van der Waals surface area contributed by atoms with Crippen LogP contribution in [-0.2, 0) is 6.54 Å². The predicted molar refractivity (Wildman–Crippen MR) is 75.9 cm³/mol. The molecule has 2 N–H and O–H groups in total. The summed E-state index contributed by atoms with van der Waals surface area (Å²) >= 11 is 0. The van der Waals surface area contributed by atoms with E-state index in [9.17, 15) is 0 Å². The minimum atomic E-state index is 0.580. The molecule has 0 spiro atoms. The van der Waals surface area contributed by atoms with Crippen molar-refractivity contribution in [3.8, 4) is 5.75 Å². The smallest absolute Gasteiger partial charge is 0.120 e. The fourth-order valence-electron chi connectivity index (χ4n) is 1.84. The Hall–Kier alpha value is -1.58. The molecule has 2 aromatic rings. The lowest BCUT2D eigenvalue weighted by Crippen LogP contribution is -2.19. The Labute approximate surface area is 108 Å². The molecule has 2 rings (SSSR count). The van der Waals surface area contributed by atoms with E-state index in [1.807, 2.05) is 20.2 Å². The number of hydrogen-bond donors (Lipinski definition) is 1. The molecule has 0 saturated heterocycles. The summed E-state index contributed by atoms with van der Waals surface area (Å²) in [7, 11) is 4.08. The summed E-state index contributed by atoms with van der Waals surface area (Å²) < 4.78 is 5.72. The largest absolute Gasteiger partial charge is 0.492 e. The zero-order valence-corrected chi connectivity index (χ0v) is 11.0. The Morgan fingerprint density at radius 3 is 2.50 bits per heavy atom. The van der Waals surface area contributed by atoms with Crippen LogP contribution in [0.1, 0.15) is 5.56 Å². The number of likely N-dealkylation sites (N-methyl/N-ethyl adjacent to an activating group) is 1. The van der Waals surface area contributed by atoms with Crippen LogP contribution in [-0.4, -0.2) is 32.1 Å². The average Bonchev–Trinajstić information content (AvgIpc) is 2.37. The monoisotopic (exact) mass is 244 g/mol. The van der Waals surface area contributed by atoms with Gasteiger partial charge in [-0.15, -0.1) is 0 Å². The lowest BCUT2D eigenvalue weighted by atomic mass is 10.1.